The molecule has 0 atom stereocenters. The molecule has 1 nitrogen and oxygen atoms in total. The van der Waals surface area contributed by atoms with Crippen molar-refractivity contribution in [3.63, 3.8) is 0 Å². The fourth-order valence-corrected chi connectivity index (χ4v) is 1.84. The Morgan fingerprint density at radius 1 is 1.54 bits per heavy atom. The highest BCUT2D eigenvalue weighted by atomic mass is 35.5. The first-order valence-corrected chi connectivity index (χ1v) is 5.82. The van der Waals surface area contributed by atoms with Gasteiger partial charge in [-0.05, 0) is 43.3 Å². The fraction of sp³-hybridized carbons (Fsp3) is 0.600. The molecule has 3 heteroatoms. The number of rotatable bonds is 4. The van der Waals surface area contributed by atoms with Crippen molar-refractivity contribution < 1.29 is 0 Å². The molecule has 0 fully saturated rings. The van der Waals surface area contributed by atoms with Crippen LogP contribution in [0.2, 0.25) is 0 Å². The van der Waals surface area contributed by atoms with Crippen LogP contribution in [-0.4, -0.2) is 23.4 Å². The highest BCUT2D eigenvalue weighted by Crippen LogP contribution is 2.18. The van der Waals surface area contributed by atoms with Gasteiger partial charge in [-0.15, -0.1) is 11.6 Å². The van der Waals surface area contributed by atoms with E-state index in [9.17, 15) is 0 Å². The quantitative estimate of drug-likeness (QED) is 0.701. The Balaban J connectivity index is 2.55. The molecule has 74 valence electrons. The van der Waals surface area contributed by atoms with Crippen LogP contribution in [0.15, 0.2) is 16.8 Å². The van der Waals surface area contributed by atoms with Crippen molar-refractivity contribution in [1.82, 2.24) is 4.90 Å². The summed E-state index contributed by atoms with van der Waals surface area (Å²) in [4.78, 5) is 2.28. The minimum atomic E-state index is 0.0729. The molecular formula is C10H16ClNS. The summed E-state index contributed by atoms with van der Waals surface area (Å²) in [6, 6.07) is 2.16. The lowest BCUT2D eigenvalue weighted by atomic mass is 10.1. The highest BCUT2D eigenvalue weighted by molar-refractivity contribution is 7.07. The fourth-order valence-electron chi connectivity index (χ4n) is 0.973. The van der Waals surface area contributed by atoms with Gasteiger partial charge < -0.3 is 0 Å². The Morgan fingerprint density at radius 2 is 2.23 bits per heavy atom. The van der Waals surface area contributed by atoms with Crippen LogP contribution in [0.5, 0.6) is 0 Å². The summed E-state index contributed by atoms with van der Waals surface area (Å²) in [5.41, 5.74) is 1.44. The third kappa shape index (κ3) is 2.97. The van der Waals surface area contributed by atoms with Crippen molar-refractivity contribution >= 4 is 22.9 Å². The summed E-state index contributed by atoms with van der Waals surface area (Å²) in [7, 11) is 2.11. The molecule has 0 aromatic carbocycles. The number of hydrogen-bond acceptors (Lipinski definition) is 2. The third-order valence-corrected chi connectivity index (χ3v) is 3.75. The molecule has 0 bridgehead atoms. The molecule has 0 unspecified atom stereocenters. The monoisotopic (exact) mass is 217 g/mol. The number of alkyl halides is 1. The first-order valence-electron chi connectivity index (χ1n) is 4.34. The van der Waals surface area contributed by atoms with Gasteiger partial charge in [-0.25, -0.2) is 0 Å². The molecule has 1 aromatic rings. The van der Waals surface area contributed by atoms with Crippen molar-refractivity contribution in [2.24, 2.45) is 0 Å². The van der Waals surface area contributed by atoms with E-state index < -0.39 is 0 Å². The summed E-state index contributed by atoms with van der Waals surface area (Å²) in [6.07, 6.45) is 0. The average molecular weight is 218 g/mol. The predicted octanol–water partition coefficient (Wildman–Crippen LogP) is 3.20. The third-order valence-electron chi connectivity index (χ3n) is 2.36. The SMILES string of the molecule is CN(Cc1ccsc1)C(C)(C)CCl. The van der Waals surface area contributed by atoms with Crippen LogP contribution in [0, 0.1) is 0 Å². The van der Waals surface area contributed by atoms with Crippen molar-refractivity contribution in [2.45, 2.75) is 25.9 Å². The van der Waals surface area contributed by atoms with Gasteiger partial charge in [0.2, 0.25) is 0 Å². The molecule has 0 aliphatic rings. The molecule has 0 saturated heterocycles. The van der Waals surface area contributed by atoms with Crippen molar-refractivity contribution in [3.8, 4) is 0 Å². The molecule has 0 saturated carbocycles. The van der Waals surface area contributed by atoms with Crippen molar-refractivity contribution in [3.05, 3.63) is 22.4 Å². The molecule has 1 rings (SSSR count). The molecule has 0 aliphatic carbocycles. The number of nitrogens with zero attached hydrogens (tertiary/aromatic N) is 1. The maximum Gasteiger partial charge on any atom is 0.0402 e. The van der Waals surface area contributed by atoms with Gasteiger partial charge in [0, 0.05) is 18.0 Å². The lowest BCUT2D eigenvalue weighted by molar-refractivity contribution is 0.171. The van der Waals surface area contributed by atoms with Crippen LogP contribution >= 0.6 is 22.9 Å². The summed E-state index contributed by atoms with van der Waals surface area (Å²) < 4.78 is 0. The van der Waals surface area contributed by atoms with Gasteiger partial charge in [0.1, 0.15) is 0 Å². The molecule has 1 heterocycles. The van der Waals surface area contributed by atoms with Gasteiger partial charge in [-0.3, -0.25) is 4.90 Å². The molecule has 1 aromatic heterocycles. The standard InChI is InChI=1S/C10H16ClNS/c1-10(2,8-11)12(3)6-9-4-5-13-7-9/h4-5,7H,6,8H2,1-3H3. The Labute approximate surface area is 89.3 Å². The van der Waals surface area contributed by atoms with E-state index in [1.54, 1.807) is 11.3 Å². The first-order chi connectivity index (χ1) is 6.06. The summed E-state index contributed by atoms with van der Waals surface area (Å²) >= 11 is 7.63. The Hall–Kier alpha value is -0.0500. The topological polar surface area (TPSA) is 3.24 Å². The largest absolute Gasteiger partial charge is 0.296 e. The minimum absolute atomic E-state index is 0.0729. The van der Waals surface area contributed by atoms with Crippen LogP contribution < -0.4 is 0 Å². The lowest BCUT2D eigenvalue weighted by Gasteiger charge is -2.33. The summed E-state index contributed by atoms with van der Waals surface area (Å²) in [6.45, 7) is 5.29. The van der Waals surface area contributed by atoms with E-state index in [0.717, 1.165) is 6.54 Å². The van der Waals surface area contributed by atoms with E-state index in [-0.39, 0.29) is 5.54 Å². The zero-order chi connectivity index (χ0) is 9.90. The molecule has 0 spiro atoms. The maximum absolute atomic E-state index is 5.89. The Kier molecular flexibility index (Phi) is 3.77. The predicted molar refractivity (Wildman–Crippen MR) is 60.6 cm³/mol. The highest BCUT2D eigenvalue weighted by Gasteiger charge is 2.21. The molecular weight excluding hydrogens is 202 g/mol. The van der Waals surface area contributed by atoms with Crippen LogP contribution in [0.1, 0.15) is 19.4 Å². The number of thiophene rings is 1. The smallest absolute Gasteiger partial charge is 0.0402 e. The van der Waals surface area contributed by atoms with E-state index >= 15 is 0 Å². The van der Waals surface area contributed by atoms with Gasteiger partial charge in [0.05, 0.1) is 0 Å². The average Bonchev–Trinajstić information content (AvgIpc) is 2.57. The molecule has 0 amide bonds. The van der Waals surface area contributed by atoms with Gasteiger partial charge in [0.25, 0.3) is 0 Å². The minimum Gasteiger partial charge on any atom is -0.296 e. The number of hydrogen-bond donors (Lipinski definition) is 0. The number of halogens is 1. The van der Waals surface area contributed by atoms with Gasteiger partial charge in [0.15, 0.2) is 0 Å². The van der Waals surface area contributed by atoms with Gasteiger partial charge >= 0.3 is 0 Å². The zero-order valence-electron chi connectivity index (χ0n) is 8.38. The molecule has 0 radical (unpaired) electrons. The van der Waals surface area contributed by atoms with Crippen molar-refractivity contribution in [2.75, 3.05) is 12.9 Å². The molecule has 13 heavy (non-hydrogen) atoms. The van der Waals surface area contributed by atoms with E-state index in [1.165, 1.54) is 5.56 Å². The summed E-state index contributed by atoms with van der Waals surface area (Å²) in [5, 5.41) is 4.29. The van der Waals surface area contributed by atoms with Gasteiger partial charge in [-0.2, -0.15) is 11.3 Å². The normalized spacial score (nSPS) is 12.4. The van der Waals surface area contributed by atoms with Crippen LogP contribution in [0.4, 0.5) is 0 Å². The van der Waals surface area contributed by atoms with E-state index in [4.69, 9.17) is 11.6 Å². The van der Waals surface area contributed by atoms with Crippen LogP contribution in [-0.2, 0) is 6.54 Å². The zero-order valence-corrected chi connectivity index (χ0v) is 9.95. The first kappa shape index (κ1) is 11.0. The molecule has 0 N–H and O–H groups in total. The van der Waals surface area contributed by atoms with E-state index in [2.05, 4.69) is 42.6 Å². The second kappa shape index (κ2) is 4.45. The van der Waals surface area contributed by atoms with Crippen molar-refractivity contribution in [1.29, 1.82) is 0 Å². The Morgan fingerprint density at radius 3 is 2.69 bits per heavy atom. The summed E-state index contributed by atoms with van der Waals surface area (Å²) in [5.74, 6) is 0.660. The van der Waals surface area contributed by atoms with E-state index in [0.29, 0.717) is 5.88 Å². The van der Waals surface area contributed by atoms with Gasteiger partial charge in [-0.1, -0.05) is 0 Å². The lowest BCUT2D eigenvalue weighted by Crippen LogP contribution is -2.42. The van der Waals surface area contributed by atoms with E-state index in [1.807, 2.05) is 0 Å². The Bertz CT molecular complexity index is 243. The second-order valence-corrected chi connectivity index (χ2v) is 4.98. The van der Waals surface area contributed by atoms with Crippen LogP contribution in [0.3, 0.4) is 0 Å². The maximum atomic E-state index is 5.89. The second-order valence-electron chi connectivity index (χ2n) is 3.93. The molecule has 0 aliphatic heterocycles. The van der Waals surface area contributed by atoms with Crippen LogP contribution in [0.25, 0.3) is 0 Å².